The first-order valence-electron chi connectivity index (χ1n) is 7.89. The van der Waals surface area contributed by atoms with Crippen molar-refractivity contribution >= 4 is 21.7 Å². The Labute approximate surface area is 142 Å². The van der Waals surface area contributed by atoms with E-state index in [-0.39, 0.29) is 29.5 Å². The normalized spacial score (nSPS) is 16.0. The zero-order valence-corrected chi connectivity index (χ0v) is 14.6. The SMILES string of the molecule is CN1CCN(C(=O)CNC(=O)CCS(=O)(=O)c2ccccc2)CC1. The van der Waals surface area contributed by atoms with Crippen molar-refractivity contribution in [3.63, 3.8) is 0 Å². The topological polar surface area (TPSA) is 86.8 Å². The van der Waals surface area contributed by atoms with Gasteiger partial charge in [-0.25, -0.2) is 8.42 Å². The van der Waals surface area contributed by atoms with Crippen LogP contribution in [-0.2, 0) is 19.4 Å². The van der Waals surface area contributed by atoms with Crippen LogP contribution in [0.2, 0.25) is 0 Å². The Balaban J connectivity index is 1.74. The summed E-state index contributed by atoms with van der Waals surface area (Å²) in [5, 5.41) is 2.51. The third kappa shape index (κ3) is 5.31. The summed E-state index contributed by atoms with van der Waals surface area (Å²) in [6.07, 6.45) is -0.159. The van der Waals surface area contributed by atoms with Crippen LogP contribution in [0.1, 0.15) is 6.42 Å². The molecule has 0 spiro atoms. The second kappa shape index (κ2) is 8.25. The minimum absolute atomic E-state index is 0.0894. The Morgan fingerprint density at radius 3 is 2.33 bits per heavy atom. The minimum atomic E-state index is -3.48. The molecule has 7 nitrogen and oxygen atoms in total. The molecule has 1 aliphatic rings. The fourth-order valence-electron chi connectivity index (χ4n) is 2.40. The largest absolute Gasteiger partial charge is 0.347 e. The van der Waals surface area contributed by atoms with Gasteiger partial charge in [-0.1, -0.05) is 18.2 Å². The molecule has 2 amide bonds. The lowest BCUT2D eigenvalue weighted by atomic mass is 10.3. The average Bonchev–Trinajstić information content (AvgIpc) is 2.59. The fourth-order valence-corrected chi connectivity index (χ4v) is 3.66. The highest BCUT2D eigenvalue weighted by Crippen LogP contribution is 2.10. The van der Waals surface area contributed by atoms with E-state index >= 15 is 0 Å². The van der Waals surface area contributed by atoms with E-state index in [4.69, 9.17) is 0 Å². The summed E-state index contributed by atoms with van der Waals surface area (Å²) in [5.74, 6) is -0.842. The summed E-state index contributed by atoms with van der Waals surface area (Å²) in [7, 11) is -1.49. The van der Waals surface area contributed by atoms with Crippen LogP contribution in [0.15, 0.2) is 35.2 Å². The zero-order valence-electron chi connectivity index (χ0n) is 13.8. The smallest absolute Gasteiger partial charge is 0.242 e. The first-order chi connectivity index (χ1) is 11.4. The van der Waals surface area contributed by atoms with Gasteiger partial charge in [0.05, 0.1) is 17.2 Å². The van der Waals surface area contributed by atoms with Gasteiger partial charge in [-0.15, -0.1) is 0 Å². The third-order valence-corrected chi connectivity index (χ3v) is 5.72. The Bertz CT molecular complexity index is 668. The zero-order chi connectivity index (χ0) is 17.6. The Kier molecular flexibility index (Phi) is 6.33. The fraction of sp³-hybridized carbons (Fsp3) is 0.500. The molecule has 1 aliphatic heterocycles. The maximum atomic E-state index is 12.1. The second-order valence-corrected chi connectivity index (χ2v) is 7.95. The minimum Gasteiger partial charge on any atom is -0.347 e. The maximum absolute atomic E-state index is 12.1. The molecule has 0 aromatic heterocycles. The molecule has 0 unspecified atom stereocenters. The Hall–Kier alpha value is -1.93. The molecule has 2 rings (SSSR count). The molecule has 24 heavy (non-hydrogen) atoms. The van der Waals surface area contributed by atoms with Gasteiger partial charge in [-0.05, 0) is 19.2 Å². The summed E-state index contributed by atoms with van der Waals surface area (Å²) < 4.78 is 24.2. The Morgan fingerprint density at radius 1 is 1.08 bits per heavy atom. The van der Waals surface area contributed by atoms with Crippen LogP contribution in [-0.4, -0.2) is 75.6 Å². The molecule has 0 radical (unpaired) electrons. The van der Waals surface area contributed by atoms with Crippen LogP contribution < -0.4 is 5.32 Å². The van der Waals surface area contributed by atoms with Gasteiger partial charge in [0, 0.05) is 32.6 Å². The van der Waals surface area contributed by atoms with Crippen molar-refractivity contribution < 1.29 is 18.0 Å². The molecule has 1 N–H and O–H groups in total. The molecule has 0 aliphatic carbocycles. The van der Waals surface area contributed by atoms with Crippen molar-refractivity contribution in [2.75, 3.05) is 45.5 Å². The second-order valence-electron chi connectivity index (χ2n) is 5.84. The quantitative estimate of drug-likeness (QED) is 0.761. The number of piperazine rings is 1. The number of nitrogens with one attached hydrogen (secondary N) is 1. The van der Waals surface area contributed by atoms with Crippen LogP contribution >= 0.6 is 0 Å². The predicted octanol–water partition coefficient (Wildman–Crippen LogP) is -0.259. The van der Waals surface area contributed by atoms with Gasteiger partial charge in [0.15, 0.2) is 9.84 Å². The molecule has 1 aromatic carbocycles. The number of carbonyl (C=O) groups excluding carboxylic acids is 2. The first-order valence-corrected chi connectivity index (χ1v) is 9.54. The third-order valence-electron chi connectivity index (χ3n) is 3.99. The average molecular weight is 353 g/mol. The molecule has 1 fully saturated rings. The van der Waals surface area contributed by atoms with E-state index in [0.717, 1.165) is 13.1 Å². The molecule has 0 atom stereocenters. The summed E-state index contributed by atoms with van der Waals surface area (Å²) in [4.78, 5) is 27.9. The number of amides is 2. The molecule has 0 saturated carbocycles. The van der Waals surface area contributed by atoms with Crippen LogP contribution in [0.25, 0.3) is 0 Å². The summed E-state index contributed by atoms with van der Waals surface area (Å²) in [6, 6.07) is 8.02. The summed E-state index contributed by atoms with van der Waals surface area (Å²) in [6.45, 7) is 2.83. The molecule has 1 saturated heterocycles. The van der Waals surface area contributed by atoms with E-state index in [9.17, 15) is 18.0 Å². The monoisotopic (exact) mass is 353 g/mol. The van der Waals surface area contributed by atoms with E-state index in [1.54, 1.807) is 23.1 Å². The van der Waals surface area contributed by atoms with Crippen molar-refractivity contribution in [2.24, 2.45) is 0 Å². The van der Waals surface area contributed by atoms with Gasteiger partial charge in [0.1, 0.15) is 0 Å². The van der Waals surface area contributed by atoms with Crippen molar-refractivity contribution in [2.45, 2.75) is 11.3 Å². The molecule has 0 bridgehead atoms. The van der Waals surface area contributed by atoms with Crippen molar-refractivity contribution in [1.82, 2.24) is 15.1 Å². The number of carbonyl (C=O) groups is 2. The van der Waals surface area contributed by atoms with Gasteiger partial charge in [0.25, 0.3) is 0 Å². The number of hydrogen-bond donors (Lipinski definition) is 1. The van der Waals surface area contributed by atoms with E-state index in [1.807, 2.05) is 7.05 Å². The van der Waals surface area contributed by atoms with Crippen LogP contribution in [0, 0.1) is 0 Å². The molecule has 1 aromatic rings. The standard InChI is InChI=1S/C16H23N3O4S/c1-18-8-10-19(11-9-18)16(21)13-17-15(20)7-12-24(22,23)14-5-3-2-4-6-14/h2-6H,7-13H2,1H3,(H,17,20). The van der Waals surface area contributed by atoms with Gasteiger partial charge < -0.3 is 15.1 Å². The first kappa shape index (κ1) is 18.4. The lowest BCUT2D eigenvalue weighted by molar-refractivity contribution is -0.134. The van der Waals surface area contributed by atoms with Gasteiger partial charge in [0.2, 0.25) is 11.8 Å². The van der Waals surface area contributed by atoms with Crippen LogP contribution in [0.5, 0.6) is 0 Å². The lowest BCUT2D eigenvalue weighted by Crippen LogP contribution is -2.50. The highest BCUT2D eigenvalue weighted by molar-refractivity contribution is 7.91. The molecular weight excluding hydrogens is 330 g/mol. The van der Waals surface area contributed by atoms with E-state index < -0.39 is 15.7 Å². The van der Waals surface area contributed by atoms with Crippen molar-refractivity contribution in [3.8, 4) is 0 Å². The maximum Gasteiger partial charge on any atom is 0.242 e. The molecule has 1 heterocycles. The summed E-state index contributed by atoms with van der Waals surface area (Å²) in [5.41, 5.74) is 0. The van der Waals surface area contributed by atoms with Gasteiger partial charge in [-0.2, -0.15) is 0 Å². The number of nitrogens with zero attached hydrogens (tertiary/aromatic N) is 2. The van der Waals surface area contributed by atoms with Crippen LogP contribution in [0.3, 0.4) is 0 Å². The molecular formula is C16H23N3O4S. The van der Waals surface area contributed by atoms with Crippen molar-refractivity contribution in [1.29, 1.82) is 0 Å². The lowest BCUT2D eigenvalue weighted by Gasteiger charge is -2.32. The molecule has 132 valence electrons. The Morgan fingerprint density at radius 2 is 1.71 bits per heavy atom. The van der Waals surface area contributed by atoms with Gasteiger partial charge in [-0.3, -0.25) is 9.59 Å². The predicted molar refractivity (Wildman–Crippen MR) is 90.2 cm³/mol. The summed E-state index contributed by atoms with van der Waals surface area (Å²) >= 11 is 0. The van der Waals surface area contributed by atoms with Crippen molar-refractivity contribution in [3.05, 3.63) is 30.3 Å². The number of sulfone groups is 1. The highest BCUT2D eigenvalue weighted by Gasteiger charge is 2.20. The highest BCUT2D eigenvalue weighted by atomic mass is 32.2. The van der Waals surface area contributed by atoms with Gasteiger partial charge >= 0.3 is 0 Å². The van der Waals surface area contributed by atoms with E-state index in [2.05, 4.69) is 10.2 Å². The molecule has 8 heteroatoms. The number of rotatable bonds is 6. The van der Waals surface area contributed by atoms with E-state index in [1.165, 1.54) is 12.1 Å². The number of likely N-dealkylation sites (N-methyl/N-ethyl adjacent to an activating group) is 1. The number of hydrogen-bond acceptors (Lipinski definition) is 5. The number of benzene rings is 1. The van der Waals surface area contributed by atoms with Crippen LogP contribution in [0.4, 0.5) is 0 Å². The van der Waals surface area contributed by atoms with E-state index in [0.29, 0.717) is 13.1 Å².